The molecule has 0 spiro atoms. The number of methoxy groups -OCH3 is 1. The van der Waals surface area contributed by atoms with Gasteiger partial charge in [0.25, 0.3) is 0 Å². The molecule has 2 aliphatic rings. The van der Waals surface area contributed by atoms with Crippen LogP contribution in [-0.2, 0) is 43.1 Å². The van der Waals surface area contributed by atoms with Crippen LogP contribution in [0.15, 0.2) is 4.99 Å². The van der Waals surface area contributed by atoms with E-state index in [1.807, 2.05) is 0 Å². The lowest BCUT2D eigenvalue weighted by Crippen LogP contribution is -2.59. The Labute approximate surface area is 294 Å². The summed E-state index contributed by atoms with van der Waals surface area (Å²) in [7, 11) is 2.66. The summed E-state index contributed by atoms with van der Waals surface area (Å²) in [5, 5.41) is 11.6. The molecule has 2 aliphatic heterocycles. The van der Waals surface area contributed by atoms with Crippen LogP contribution >= 0.6 is 21.6 Å². The molecule has 8 amide bonds. The van der Waals surface area contributed by atoms with Gasteiger partial charge in [-0.15, -0.1) is 0 Å². The van der Waals surface area contributed by atoms with Crippen molar-refractivity contribution in [3.8, 4) is 0 Å². The van der Waals surface area contributed by atoms with E-state index in [2.05, 4.69) is 36.3 Å². The van der Waals surface area contributed by atoms with Gasteiger partial charge in [0, 0.05) is 36.1 Å². The summed E-state index contributed by atoms with van der Waals surface area (Å²) in [6.07, 6.45) is 0.522. The summed E-state index contributed by atoms with van der Waals surface area (Å²) in [6, 6.07) is -6.09. The number of hydrogen-bond donors (Lipinski definition) is 9. The molecule has 23 heteroatoms. The zero-order chi connectivity index (χ0) is 37.4. The summed E-state index contributed by atoms with van der Waals surface area (Å²) in [4.78, 5) is 118. The molecule has 0 aromatic rings. The number of carbonyl (C=O) groups is 9. The minimum Gasteiger partial charge on any atom is -0.460 e. The number of carbonyl (C=O) groups excluding carboxylic acids is 9. The van der Waals surface area contributed by atoms with Crippen molar-refractivity contribution in [2.45, 2.75) is 75.2 Å². The Morgan fingerprint density at radius 2 is 1.64 bits per heavy atom. The molecule has 278 valence electrons. The van der Waals surface area contributed by atoms with Crippen molar-refractivity contribution in [2.24, 2.45) is 27.9 Å². The lowest BCUT2D eigenvalue weighted by Gasteiger charge is -2.30. The third-order valence-electron chi connectivity index (χ3n) is 7.35. The van der Waals surface area contributed by atoms with Crippen molar-refractivity contribution in [3.63, 3.8) is 0 Å². The van der Waals surface area contributed by atoms with Gasteiger partial charge in [0.1, 0.15) is 30.2 Å². The van der Waals surface area contributed by atoms with Gasteiger partial charge in [0.2, 0.25) is 47.3 Å². The van der Waals surface area contributed by atoms with Crippen LogP contribution in [0.3, 0.4) is 0 Å². The van der Waals surface area contributed by atoms with Crippen molar-refractivity contribution in [3.05, 3.63) is 0 Å². The Hall–Kier alpha value is -4.80. The highest BCUT2D eigenvalue weighted by atomic mass is 33.1. The fourth-order valence-corrected chi connectivity index (χ4v) is 6.67. The number of nitrogens with zero attached hydrogens (tertiary/aromatic N) is 2. The van der Waals surface area contributed by atoms with Gasteiger partial charge in [-0.05, 0) is 32.1 Å². The van der Waals surface area contributed by atoms with Crippen molar-refractivity contribution in [1.82, 2.24) is 31.5 Å². The SMILES string of the molecule is COC(=O)SSC[C@H](NC(=O)[C@H](CC(N)=O)NC(=O)[C@@H]1CCC(=O)N1)C(=O)N1CCC[C@H]1C(=O)N[C@@H](CCCN=C(N)N)C(=O)NCC(N)=O. The number of aliphatic imine (C=N–C) groups is 1. The third-order valence-corrected chi connectivity index (χ3v) is 9.41. The molecule has 50 heavy (non-hydrogen) atoms. The highest BCUT2D eigenvalue weighted by Gasteiger charge is 2.40. The van der Waals surface area contributed by atoms with E-state index in [-0.39, 0.29) is 62.8 Å². The van der Waals surface area contributed by atoms with E-state index in [9.17, 15) is 43.2 Å². The van der Waals surface area contributed by atoms with Crippen LogP contribution in [0.5, 0.6) is 0 Å². The lowest BCUT2D eigenvalue weighted by atomic mass is 10.1. The number of primary amides is 2. The van der Waals surface area contributed by atoms with E-state index >= 15 is 0 Å². The van der Waals surface area contributed by atoms with Crippen LogP contribution in [0.4, 0.5) is 4.79 Å². The average molecular weight is 746 g/mol. The maximum Gasteiger partial charge on any atom is 0.377 e. The van der Waals surface area contributed by atoms with Gasteiger partial charge >= 0.3 is 5.30 Å². The minimum atomic E-state index is -1.53. The smallest absolute Gasteiger partial charge is 0.377 e. The van der Waals surface area contributed by atoms with E-state index < -0.39 is 89.8 Å². The summed E-state index contributed by atoms with van der Waals surface area (Å²) in [5.41, 5.74) is 21.1. The number of nitrogens with one attached hydrogen (secondary N) is 5. The lowest BCUT2D eigenvalue weighted by molar-refractivity contribution is -0.142. The molecule has 0 aromatic carbocycles. The van der Waals surface area contributed by atoms with Crippen LogP contribution in [-0.4, -0.2) is 126 Å². The minimum absolute atomic E-state index is 0.0609. The van der Waals surface area contributed by atoms with E-state index in [1.165, 1.54) is 4.90 Å². The molecule has 2 saturated heterocycles. The topological polar surface area (TPSA) is 343 Å². The van der Waals surface area contributed by atoms with Gasteiger partial charge in [0.15, 0.2) is 5.96 Å². The number of likely N-dealkylation sites (tertiary alicyclic amines) is 1. The Kier molecular flexibility index (Phi) is 17.1. The fraction of sp³-hybridized carbons (Fsp3) is 0.630. The Morgan fingerprint density at radius 1 is 0.940 bits per heavy atom. The van der Waals surface area contributed by atoms with Crippen molar-refractivity contribution < 1.29 is 47.9 Å². The first-order chi connectivity index (χ1) is 23.6. The molecule has 0 aliphatic carbocycles. The molecule has 0 radical (unpaired) electrons. The molecule has 2 fully saturated rings. The molecular formula is C27H43N11O10S2. The van der Waals surface area contributed by atoms with Crippen molar-refractivity contribution in [2.75, 3.05) is 32.5 Å². The zero-order valence-electron chi connectivity index (χ0n) is 27.3. The molecule has 13 N–H and O–H groups in total. The van der Waals surface area contributed by atoms with Gasteiger partial charge in [-0.1, -0.05) is 10.8 Å². The Balaban J connectivity index is 2.25. The van der Waals surface area contributed by atoms with Crippen LogP contribution in [0.2, 0.25) is 0 Å². The van der Waals surface area contributed by atoms with Gasteiger partial charge in [-0.2, -0.15) is 0 Å². The molecule has 21 nitrogen and oxygen atoms in total. The second-order valence-corrected chi connectivity index (χ2v) is 13.4. The Morgan fingerprint density at radius 3 is 2.24 bits per heavy atom. The number of guanidine groups is 1. The first kappa shape index (κ1) is 41.4. The highest BCUT2D eigenvalue weighted by molar-refractivity contribution is 8.82. The van der Waals surface area contributed by atoms with Gasteiger partial charge < -0.3 is 59.2 Å². The number of ether oxygens (including phenoxy) is 1. The van der Waals surface area contributed by atoms with Crippen LogP contribution in [0, 0.1) is 0 Å². The number of hydrogen-bond acceptors (Lipinski definition) is 13. The van der Waals surface area contributed by atoms with E-state index in [4.69, 9.17) is 22.9 Å². The number of rotatable bonds is 19. The van der Waals surface area contributed by atoms with Crippen molar-refractivity contribution in [1.29, 1.82) is 0 Å². The zero-order valence-corrected chi connectivity index (χ0v) is 28.9. The second-order valence-electron chi connectivity index (χ2n) is 11.2. The summed E-state index contributed by atoms with van der Waals surface area (Å²) in [5.74, 6) is -6.33. The standard InChI is InChI=1S/C27H43N11O10S2/c1-48-27(47)50-49-12-16(37-23(44)15(10-18(28)39)36-22(43)14-6-7-20(41)34-14)25(46)38-9-3-5-17(38)24(45)35-13(4-2-8-32-26(30)31)21(42)33-11-19(29)40/h13-17H,2-12H2,1H3,(H2,28,39)(H2,29,40)(H,33,42)(H,34,41)(H,35,45)(H,36,43)(H,37,44)(H4,30,31,32)/t13-,14-,15-,16-,17-/m0/s1. The maximum absolute atomic E-state index is 13.9. The maximum atomic E-state index is 13.9. The van der Waals surface area contributed by atoms with E-state index in [0.29, 0.717) is 17.2 Å². The predicted octanol–water partition coefficient (Wildman–Crippen LogP) is -4.61. The fourth-order valence-electron chi connectivity index (χ4n) is 4.97. The van der Waals surface area contributed by atoms with Gasteiger partial charge in [-0.25, -0.2) is 4.79 Å². The summed E-state index contributed by atoms with van der Waals surface area (Å²) < 4.78 is 4.60. The number of amides is 8. The van der Waals surface area contributed by atoms with Gasteiger partial charge in [-0.3, -0.25) is 43.3 Å². The molecule has 0 saturated carbocycles. The quantitative estimate of drug-likeness (QED) is 0.0198. The summed E-state index contributed by atoms with van der Waals surface area (Å²) >= 11 is 0. The molecule has 0 unspecified atom stereocenters. The summed E-state index contributed by atoms with van der Waals surface area (Å²) in [6.45, 7) is -0.257. The van der Waals surface area contributed by atoms with E-state index in [0.717, 1.165) is 17.9 Å². The predicted molar refractivity (Wildman–Crippen MR) is 180 cm³/mol. The molecule has 2 heterocycles. The second kappa shape index (κ2) is 20.7. The molecule has 0 aromatic heterocycles. The average Bonchev–Trinajstić information content (AvgIpc) is 3.73. The van der Waals surface area contributed by atoms with Crippen LogP contribution < -0.4 is 49.5 Å². The molecule has 0 bridgehead atoms. The Bertz CT molecular complexity index is 1350. The monoisotopic (exact) mass is 745 g/mol. The normalized spacial score (nSPS) is 18.4. The largest absolute Gasteiger partial charge is 0.460 e. The third kappa shape index (κ3) is 14.0. The van der Waals surface area contributed by atoms with Crippen molar-refractivity contribution >= 4 is 80.1 Å². The number of nitrogens with two attached hydrogens (primary N) is 4. The van der Waals surface area contributed by atoms with E-state index in [1.54, 1.807) is 0 Å². The first-order valence-corrected chi connectivity index (χ1v) is 17.7. The molecule has 5 atom stereocenters. The molecule has 2 rings (SSSR count). The van der Waals surface area contributed by atoms with Crippen LogP contribution in [0.1, 0.15) is 44.9 Å². The first-order valence-electron chi connectivity index (χ1n) is 15.4. The van der Waals surface area contributed by atoms with Crippen LogP contribution in [0.25, 0.3) is 0 Å². The van der Waals surface area contributed by atoms with Gasteiger partial charge in [0.05, 0.1) is 20.1 Å². The molecular weight excluding hydrogens is 702 g/mol. The highest BCUT2D eigenvalue weighted by Crippen LogP contribution is 2.26.